The van der Waals surface area contributed by atoms with Crippen LogP contribution in [0.15, 0.2) is 18.2 Å². The third kappa shape index (κ3) is 3.06. The molecule has 0 saturated heterocycles. The molecule has 3 nitrogen and oxygen atoms in total. The topological polar surface area (TPSA) is 35.5 Å². The van der Waals surface area contributed by atoms with Gasteiger partial charge in [0.05, 0.1) is 13.7 Å². The van der Waals surface area contributed by atoms with Crippen molar-refractivity contribution in [1.82, 2.24) is 0 Å². The molecule has 15 heavy (non-hydrogen) atoms. The van der Waals surface area contributed by atoms with Gasteiger partial charge in [-0.05, 0) is 18.1 Å². The summed E-state index contributed by atoms with van der Waals surface area (Å²) in [4.78, 5) is 10.4. The van der Waals surface area contributed by atoms with Crippen LogP contribution >= 0.6 is 0 Å². The highest BCUT2D eigenvalue weighted by molar-refractivity contribution is 5.51. The molecule has 82 valence electrons. The summed E-state index contributed by atoms with van der Waals surface area (Å²) in [5.41, 5.74) is 2.15. The van der Waals surface area contributed by atoms with Crippen LogP contribution in [0.5, 0.6) is 5.75 Å². The fourth-order valence-corrected chi connectivity index (χ4v) is 1.58. The maximum atomic E-state index is 10.4. The van der Waals surface area contributed by atoms with Crippen LogP contribution < -0.4 is 4.74 Å². The SMILES string of the molecule is COCc1cccc(OC)c1CCC=O. The van der Waals surface area contributed by atoms with Gasteiger partial charge in [-0.2, -0.15) is 0 Å². The molecule has 0 heterocycles. The van der Waals surface area contributed by atoms with Crippen LogP contribution in [-0.4, -0.2) is 20.5 Å². The summed E-state index contributed by atoms with van der Waals surface area (Å²) in [6.45, 7) is 0.547. The number of benzene rings is 1. The molecule has 0 amide bonds. The third-order valence-corrected chi connectivity index (χ3v) is 2.26. The van der Waals surface area contributed by atoms with E-state index < -0.39 is 0 Å². The molecule has 0 aliphatic rings. The zero-order chi connectivity index (χ0) is 11.1. The smallest absolute Gasteiger partial charge is 0.122 e. The average Bonchev–Trinajstić information content (AvgIpc) is 2.27. The van der Waals surface area contributed by atoms with E-state index >= 15 is 0 Å². The van der Waals surface area contributed by atoms with E-state index in [4.69, 9.17) is 9.47 Å². The summed E-state index contributed by atoms with van der Waals surface area (Å²) in [6.07, 6.45) is 2.13. The third-order valence-electron chi connectivity index (χ3n) is 2.26. The van der Waals surface area contributed by atoms with Crippen molar-refractivity contribution >= 4 is 6.29 Å². The van der Waals surface area contributed by atoms with Crippen molar-refractivity contribution in [2.45, 2.75) is 19.4 Å². The Labute approximate surface area is 90.0 Å². The fraction of sp³-hybridized carbons (Fsp3) is 0.417. The molecule has 0 spiro atoms. The molecule has 0 N–H and O–H groups in total. The second-order valence-electron chi connectivity index (χ2n) is 3.24. The zero-order valence-electron chi connectivity index (χ0n) is 9.16. The first-order valence-corrected chi connectivity index (χ1v) is 4.90. The largest absolute Gasteiger partial charge is 0.496 e. The number of carbonyl (C=O) groups excluding carboxylic acids is 1. The summed E-state index contributed by atoms with van der Waals surface area (Å²) in [7, 11) is 3.29. The number of ether oxygens (including phenoxy) is 2. The number of aldehydes is 1. The van der Waals surface area contributed by atoms with Gasteiger partial charge < -0.3 is 14.3 Å². The minimum Gasteiger partial charge on any atom is -0.496 e. The Hall–Kier alpha value is -1.35. The van der Waals surface area contributed by atoms with Crippen LogP contribution in [0, 0.1) is 0 Å². The molecule has 0 unspecified atom stereocenters. The minimum atomic E-state index is 0.511. The van der Waals surface area contributed by atoms with Crippen molar-refractivity contribution in [3.05, 3.63) is 29.3 Å². The first-order valence-electron chi connectivity index (χ1n) is 4.90. The summed E-state index contributed by atoms with van der Waals surface area (Å²) in [5, 5.41) is 0. The van der Waals surface area contributed by atoms with Gasteiger partial charge in [-0.25, -0.2) is 0 Å². The molecule has 0 aliphatic carbocycles. The molecule has 1 rings (SSSR count). The van der Waals surface area contributed by atoms with Crippen molar-refractivity contribution in [3.63, 3.8) is 0 Å². The van der Waals surface area contributed by atoms with E-state index in [1.807, 2.05) is 18.2 Å². The van der Waals surface area contributed by atoms with E-state index in [0.29, 0.717) is 19.4 Å². The highest BCUT2D eigenvalue weighted by Gasteiger charge is 2.08. The summed E-state index contributed by atoms with van der Waals surface area (Å²) in [6, 6.07) is 5.82. The molecule has 0 bridgehead atoms. The molecule has 1 aromatic carbocycles. The van der Waals surface area contributed by atoms with E-state index in [9.17, 15) is 4.79 Å². The number of hydrogen-bond donors (Lipinski definition) is 0. The Kier molecular flexibility index (Phi) is 4.84. The van der Waals surface area contributed by atoms with Gasteiger partial charge in [-0.3, -0.25) is 0 Å². The van der Waals surface area contributed by atoms with E-state index in [1.54, 1.807) is 14.2 Å². The Morgan fingerprint density at radius 1 is 1.33 bits per heavy atom. The first-order chi connectivity index (χ1) is 7.33. The van der Waals surface area contributed by atoms with Gasteiger partial charge in [-0.1, -0.05) is 12.1 Å². The standard InChI is InChI=1S/C12H16O3/c1-14-9-10-5-3-7-12(15-2)11(10)6-4-8-13/h3,5,7-8H,4,6,9H2,1-2H3. The number of rotatable bonds is 6. The monoisotopic (exact) mass is 208 g/mol. The van der Waals surface area contributed by atoms with Crippen molar-refractivity contribution in [2.24, 2.45) is 0 Å². The van der Waals surface area contributed by atoms with E-state index in [1.165, 1.54) is 0 Å². The van der Waals surface area contributed by atoms with Gasteiger partial charge >= 0.3 is 0 Å². The average molecular weight is 208 g/mol. The van der Waals surface area contributed by atoms with Crippen LogP contribution in [0.3, 0.4) is 0 Å². The Balaban J connectivity index is 2.96. The Bertz CT molecular complexity index is 321. The van der Waals surface area contributed by atoms with Gasteiger partial charge in [0.2, 0.25) is 0 Å². The predicted octanol–water partition coefficient (Wildman–Crippen LogP) is 1.97. The molecular formula is C12H16O3. The molecule has 0 aromatic heterocycles. The number of methoxy groups -OCH3 is 2. The highest BCUT2D eigenvalue weighted by atomic mass is 16.5. The van der Waals surface area contributed by atoms with Crippen LogP contribution in [0.1, 0.15) is 17.5 Å². The first kappa shape index (κ1) is 11.7. The fourth-order valence-electron chi connectivity index (χ4n) is 1.58. The lowest BCUT2D eigenvalue weighted by Crippen LogP contribution is -2.00. The van der Waals surface area contributed by atoms with E-state index in [0.717, 1.165) is 23.2 Å². The van der Waals surface area contributed by atoms with Gasteiger partial charge in [0.15, 0.2) is 0 Å². The predicted molar refractivity (Wildman–Crippen MR) is 58.1 cm³/mol. The summed E-state index contributed by atoms with van der Waals surface area (Å²) in [5.74, 6) is 0.825. The normalized spacial score (nSPS) is 10.0. The summed E-state index contributed by atoms with van der Waals surface area (Å²) >= 11 is 0. The molecular weight excluding hydrogens is 192 g/mol. The molecule has 0 radical (unpaired) electrons. The molecule has 0 fully saturated rings. The summed E-state index contributed by atoms with van der Waals surface area (Å²) < 4.78 is 10.4. The van der Waals surface area contributed by atoms with Crippen LogP contribution in [-0.2, 0) is 22.6 Å². The maximum Gasteiger partial charge on any atom is 0.122 e. The number of hydrogen-bond acceptors (Lipinski definition) is 3. The lowest BCUT2D eigenvalue weighted by Gasteiger charge is -2.12. The lowest BCUT2D eigenvalue weighted by atomic mass is 10.0. The van der Waals surface area contributed by atoms with Crippen molar-refractivity contribution in [1.29, 1.82) is 0 Å². The second-order valence-corrected chi connectivity index (χ2v) is 3.24. The highest BCUT2D eigenvalue weighted by Crippen LogP contribution is 2.24. The molecule has 0 atom stereocenters. The van der Waals surface area contributed by atoms with E-state index in [-0.39, 0.29) is 0 Å². The van der Waals surface area contributed by atoms with Crippen molar-refractivity contribution in [2.75, 3.05) is 14.2 Å². The maximum absolute atomic E-state index is 10.4. The van der Waals surface area contributed by atoms with E-state index in [2.05, 4.69) is 0 Å². The number of carbonyl (C=O) groups is 1. The van der Waals surface area contributed by atoms with Crippen LogP contribution in [0.25, 0.3) is 0 Å². The molecule has 3 heteroatoms. The van der Waals surface area contributed by atoms with Gasteiger partial charge in [0, 0.05) is 19.1 Å². The Morgan fingerprint density at radius 3 is 2.73 bits per heavy atom. The molecule has 0 saturated carbocycles. The van der Waals surface area contributed by atoms with Crippen LogP contribution in [0.4, 0.5) is 0 Å². The lowest BCUT2D eigenvalue weighted by molar-refractivity contribution is -0.107. The van der Waals surface area contributed by atoms with Gasteiger partial charge in [0.1, 0.15) is 12.0 Å². The Morgan fingerprint density at radius 2 is 2.13 bits per heavy atom. The molecule has 0 aliphatic heterocycles. The molecule has 1 aromatic rings. The second kappa shape index (κ2) is 6.19. The van der Waals surface area contributed by atoms with Crippen molar-refractivity contribution < 1.29 is 14.3 Å². The van der Waals surface area contributed by atoms with Crippen molar-refractivity contribution in [3.8, 4) is 5.75 Å². The zero-order valence-corrected chi connectivity index (χ0v) is 9.16. The minimum absolute atomic E-state index is 0.511. The van der Waals surface area contributed by atoms with Gasteiger partial charge in [0.25, 0.3) is 0 Å². The quantitative estimate of drug-likeness (QED) is 0.670. The van der Waals surface area contributed by atoms with Crippen LogP contribution in [0.2, 0.25) is 0 Å². The van der Waals surface area contributed by atoms with Gasteiger partial charge in [-0.15, -0.1) is 0 Å².